The Labute approximate surface area is 302 Å². The quantitative estimate of drug-likeness (QED) is 0.129. The first-order valence-corrected chi connectivity index (χ1v) is 16.4. The van der Waals surface area contributed by atoms with Crippen molar-refractivity contribution in [2.24, 2.45) is 0 Å². The molecule has 0 saturated carbocycles. The smallest absolute Gasteiger partial charge is 0.239 e. The van der Waals surface area contributed by atoms with Gasteiger partial charge in [0, 0.05) is 17.4 Å². The van der Waals surface area contributed by atoms with Crippen molar-refractivity contribution in [2.45, 2.75) is 20.8 Å². The molecule has 4 heterocycles. The molecule has 0 spiro atoms. The van der Waals surface area contributed by atoms with Gasteiger partial charge in [-0.2, -0.15) is 28.7 Å². The molecule has 0 radical (unpaired) electrons. The van der Waals surface area contributed by atoms with Crippen LogP contribution in [0.4, 0.5) is 43.4 Å². The third kappa shape index (κ3) is 6.95. The highest BCUT2D eigenvalue weighted by molar-refractivity contribution is 5.79. The van der Waals surface area contributed by atoms with Crippen LogP contribution in [0.25, 0.3) is 34.0 Å². The maximum absolute atomic E-state index is 14.5. The molecule has 8 aromatic rings. The predicted octanol–water partition coefficient (Wildman–Crippen LogP) is 7.49. The molecule has 53 heavy (non-hydrogen) atoms. The lowest BCUT2D eigenvalue weighted by atomic mass is 10.2. The first kappa shape index (κ1) is 34.3. The maximum atomic E-state index is 14.5. The number of aromatic nitrogens is 8. The van der Waals surface area contributed by atoms with E-state index in [1.165, 1.54) is 0 Å². The zero-order valence-electron chi connectivity index (χ0n) is 29.1. The van der Waals surface area contributed by atoms with Crippen LogP contribution in [0.3, 0.4) is 0 Å². The molecule has 8 rings (SSSR count). The number of ether oxygens (including phenoxy) is 1. The zero-order chi connectivity index (χ0) is 37.2. The van der Waals surface area contributed by atoms with Crippen molar-refractivity contribution in [1.29, 1.82) is 0 Å². The highest BCUT2D eigenvalue weighted by Gasteiger charge is 2.19. The second-order valence-electron chi connectivity index (χ2n) is 12.0. The van der Waals surface area contributed by atoms with Crippen molar-refractivity contribution in [3.63, 3.8) is 0 Å². The lowest BCUT2D eigenvalue weighted by molar-refractivity contribution is 0.415. The molecule has 0 atom stereocenters. The summed E-state index contributed by atoms with van der Waals surface area (Å²) in [7, 11) is 1.56. The molecule has 4 aromatic heterocycles. The van der Waals surface area contributed by atoms with Gasteiger partial charge < -0.3 is 26.8 Å². The number of para-hydroxylation sites is 4. The minimum absolute atomic E-state index is 0.0234. The Morgan fingerprint density at radius 1 is 0.566 bits per heavy atom. The summed E-state index contributed by atoms with van der Waals surface area (Å²) in [5, 5.41) is 5.92. The zero-order valence-corrected chi connectivity index (χ0v) is 29.1. The number of nitrogens with two attached hydrogens (primary N) is 2. The summed E-state index contributed by atoms with van der Waals surface area (Å²) in [5.41, 5.74) is 17.2. The molecule has 0 unspecified atom stereocenters. The number of halogens is 2. The topological polar surface area (TPSA) is 173 Å². The number of fused-ring (bicyclic) bond motifs is 2. The fourth-order valence-corrected chi connectivity index (χ4v) is 5.76. The van der Waals surface area contributed by atoms with E-state index in [0.29, 0.717) is 23.1 Å². The van der Waals surface area contributed by atoms with Crippen LogP contribution in [0.1, 0.15) is 17.2 Å². The summed E-state index contributed by atoms with van der Waals surface area (Å²) in [6.45, 7) is 5.64. The molecule has 13 nitrogen and oxygen atoms in total. The van der Waals surface area contributed by atoms with E-state index in [-0.39, 0.29) is 35.2 Å². The largest absolute Gasteiger partial charge is 0.497 e. The van der Waals surface area contributed by atoms with Crippen LogP contribution in [0, 0.1) is 32.4 Å². The lowest BCUT2D eigenvalue weighted by Gasteiger charge is -2.12. The number of hydrogen-bond acceptors (Lipinski definition) is 11. The number of nitrogens with one attached hydrogen (secondary N) is 2. The van der Waals surface area contributed by atoms with E-state index < -0.39 is 11.6 Å². The van der Waals surface area contributed by atoms with E-state index >= 15 is 0 Å². The third-order valence-corrected chi connectivity index (χ3v) is 8.20. The highest BCUT2D eigenvalue weighted by atomic mass is 19.1. The average Bonchev–Trinajstić information content (AvgIpc) is 3.67. The number of methoxy groups -OCH3 is 1. The average molecular weight is 713 g/mol. The lowest BCUT2D eigenvalue weighted by Crippen LogP contribution is -2.10. The van der Waals surface area contributed by atoms with Gasteiger partial charge in [0.15, 0.2) is 23.3 Å². The van der Waals surface area contributed by atoms with Crippen LogP contribution in [-0.2, 0) is 0 Å². The summed E-state index contributed by atoms with van der Waals surface area (Å²) in [5.74, 6) is 0.646. The number of nitrogen functional groups attached to an aromatic ring is 2. The van der Waals surface area contributed by atoms with Gasteiger partial charge in [0.25, 0.3) is 0 Å². The van der Waals surface area contributed by atoms with Crippen molar-refractivity contribution >= 4 is 56.7 Å². The van der Waals surface area contributed by atoms with Gasteiger partial charge in [0.05, 0.1) is 29.2 Å². The molecule has 0 aliphatic heterocycles. The number of hydrogen-bond donors (Lipinski definition) is 4. The maximum Gasteiger partial charge on any atom is 0.239 e. The van der Waals surface area contributed by atoms with E-state index in [9.17, 15) is 8.78 Å². The second-order valence-corrected chi connectivity index (χ2v) is 12.0. The molecule has 266 valence electrons. The molecule has 0 saturated heterocycles. The molecule has 6 N–H and O–H groups in total. The fraction of sp³-hybridized carbons (Fsp3) is 0.105. The molecular weight excluding hydrogens is 678 g/mol. The van der Waals surface area contributed by atoms with Gasteiger partial charge in [-0.05, 0) is 74.9 Å². The van der Waals surface area contributed by atoms with Gasteiger partial charge in [-0.3, -0.25) is 9.13 Å². The monoisotopic (exact) mass is 712 g/mol. The van der Waals surface area contributed by atoms with E-state index in [1.54, 1.807) is 40.5 Å². The number of benzene rings is 4. The fourth-order valence-electron chi connectivity index (χ4n) is 5.76. The first-order chi connectivity index (χ1) is 25.6. The molecule has 4 aromatic carbocycles. The highest BCUT2D eigenvalue weighted by Crippen LogP contribution is 2.28. The summed E-state index contributed by atoms with van der Waals surface area (Å²) in [4.78, 5) is 25.9. The van der Waals surface area contributed by atoms with E-state index in [1.807, 2.05) is 93.6 Å². The Morgan fingerprint density at radius 2 is 1.04 bits per heavy atom. The summed E-state index contributed by atoms with van der Waals surface area (Å²) in [6, 6.07) is 29.9. The van der Waals surface area contributed by atoms with Crippen molar-refractivity contribution in [1.82, 2.24) is 39.0 Å². The van der Waals surface area contributed by atoms with Gasteiger partial charge >= 0.3 is 0 Å². The third-order valence-electron chi connectivity index (χ3n) is 8.20. The van der Waals surface area contributed by atoms with Crippen LogP contribution in [0.2, 0.25) is 0 Å². The molecule has 0 bridgehead atoms. The van der Waals surface area contributed by atoms with E-state index in [0.717, 1.165) is 33.3 Å². The van der Waals surface area contributed by atoms with Crippen LogP contribution >= 0.6 is 0 Å². The minimum atomic E-state index is -0.719. The van der Waals surface area contributed by atoms with Gasteiger partial charge in [0.2, 0.25) is 23.5 Å². The van der Waals surface area contributed by atoms with Crippen LogP contribution in [0.15, 0.2) is 97.1 Å². The number of rotatable bonds is 7. The Kier molecular flexibility index (Phi) is 9.20. The number of nitrogens with zero attached hydrogens (tertiary/aromatic N) is 8. The second kappa shape index (κ2) is 14.2. The van der Waals surface area contributed by atoms with Crippen molar-refractivity contribution in [2.75, 3.05) is 29.2 Å². The van der Waals surface area contributed by atoms with Gasteiger partial charge in [-0.1, -0.05) is 42.5 Å². The number of aryl methyl sites for hydroxylation is 3. The Morgan fingerprint density at radius 3 is 1.53 bits per heavy atom. The molecule has 0 aliphatic carbocycles. The Hall–Kier alpha value is -7.16. The normalized spacial score (nSPS) is 11.0. The van der Waals surface area contributed by atoms with Crippen LogP contribution < -0.4 is 26.8 Å². The SMILES string of the molecule is COc1cccc(Nc2nc(-n3c(C)nc4ccccc43)nc(N)c2F)c1.Cc1cccc(Nc2nc(-n3c(C)nc4ccccc43)nc(N)c2F)c1. The van der Waals surface area contributed by atoms with Crippen LogP contribution in [0.5, 0.6) is 5.75 Å². The molecular formula is C38H34F2N12O. The van der Waals surface area contributed by atoms with E-state index in [2.05, 4.69) is 40.5 Å². The van der Waals surface area contributed by atoms with Gasteiger partial charge in [0.1, 0.15) is 17.4 Å². The molecule has 15 heteroatoms. The molecule has 0 fully saturated rings. The van der Waals surface area contributed by atoms with Crippen molar-refractivity contribution in [3.05, 3.63) is 126 Å². The first-order valence-electron chi connectivity index (χ1n) is 16.4. The van der Waals surface area contributed by atoms with Gasteiger partial charge in [-0.15, -0.1) is 0 Å². The number of imidazole rings is 2. The summed E-state index contributed by atoms with van der Waals surface area (Å²) >= 11 is 0. The van der Waals surface area contributed by atoms with Gasteiger partial charge in [-0.25, -0.2) is 9.97 Å². The predicted molar refractivity (Wildman–Crippen MR) is 202 cm³/mol. The molecule has 0 amide bonds. The van der Waals surface area contributed by atoms with E-state index in [4.69, 9.17) is 16.2 Å². The van der Waals surface area contributed by atoms with Crippen molar-refractivity contribution < 1.29 is 13.5 Å². The molecule has 0 aliphatic rings. The standard InChI is InChI=1S/C19H17FN6O.C19H17FN6/c1-11-22-14-8-3-4-9-15(14)26(11)19-24-17(21)16(20)18(25-19)23-12-6-5-7-13(10-12)27-2;1-11-6-5-7-13(10-11)23-18-16(20)17(21)24-19(25-18)26-12(2)22-14-8-3-4-9-15(14)26/h3-10H,1-2H3,(H3,21,23,24,25);3-10H,1-2H3,(H3,21,23,24,25). The summed E-state index contributed by atoms with van der Waals surface area (Å²) < 4.78 is 37.7. The van der Waals surface area contributed by atoms with Crippen LogP contribution in [-0.4, -0.2) is 46.1 Å². The Bertz CT molecular complexity index is 2620. The number of anilines is 6. The summed E-state index contributed by atoms with van der Waals surface area (Å²) in [6.07, 6.45) is 0. The minimum Gasteiger partial charge on any atom is -0.497 e. The Balaban J connectivity index is 0.000000164. The van der Waals surface area contributed by atoms with Crippen molar-refractivity contribution in [3.8, 4) is 17.6 Å².